The SMILES string of the molecule is C[Si](C)(C)C#CC(O)c1ccc([N+](=O)[O-])cc1C#C/C=C1/CCC=C1OS(=O)(=O)C(F)(F)F. The molecular weight excluding hydrogens is 479 g/mol. The second-order valence-electron chi connectivity index (χ2n) is 7.98. The molecule has 33 heavy (non-hydrogen) atoms. The summed E-state index contributed by atoms with van der Waals surface area (Å²) in [4.78, 5) is 10.5. The van der Waals surface area contributed by atoms with Gasteiger partial charge in [0, 0.05) is 28.8 Å². The predicted molar refractivity (Wildman–Crippen MR) is 118 cm³/mol. The number of halogens is 3. The van der Waals surface area contributed by atoms with Crippen LogP contribution in [0.2, 0.25) is 19.6 Å². The molecule has 1 N–H and O–H groups in total. The molecule has 1 atom stereocenters. The summed E-state index contributed by atoms with van der Waals surface area (Å²) in [5, 5.41) is 21.6. The van der Waals surface area contributed by atoms with Crippen molar-refractivity contribution in [2.24, 2.45) is 0 Å². The molecule has 1 unspecified atom stereocenters. The van der Waals surface area contributed by atoms with Crippen LogP contribution in [0.15, 0.2) is 41.7 Å². The van der Waals surface area contributed by atoms with Gasteiger partial charge in [0.05, 0.1) is 4.92 Å². The van der Waals surface area contributed by atoms with Gasteiger partial charge >= 0.3 is 15.6 Å². The van der Waals surface area contributed by atoms with E-state index in [0.29, 0.717) is 0 Å². The van der Waals surface area contributed by atoms with E-state index in [0.717, 1.165) is 6.07 Å². The third-order valence-corrected chi connectivity index (χ3v) is 5.98. The van der Waals surface area contributed by atoms with E-state index in [1.54, 1.807) is 0 Å². The Morgan fingerprint density at radius 1 is 1.30 bits per heavy atom. The third kappa shape index (κ3) is 7.22. The summed E-state index contributed by atoms with van der Waals surface area (Å²) in [5.41, 5.74) is -2.39. The standard InChI is InChI=1S/C21H20F3NO6SSi/c1-33(2,3)13-12-19(26)18-11-10-17(25(27)28)14-16(18)8-4-6-15-7-5-9-20(15)31-32(29,30)21(22,23)24/h6,9-11,14,19,26H,5,7H2,1-3H3/b15-6-. The van der Waals surface area contributed by atoms with Crippen molar-refractivity contribution < 1.29 is 35.8 Å². The Bertz CT molecular complexity index is 1240. The molecule has 0 amide bonds. The number of rotatable bonds is 4. The van der Waals surface area contributed by atoms with E-state index in [9.17, 15) is 36.8 Å². The molecular formula is C21H20F3NO6SSi. The highest BCUT2D eigenvalue weighted by Crippen LogP contribution is 2.33. The Morgan fingerprint density at radius 2 is 1.97 bits per heavy atom. The summed E-state index contributed by atoms with van der Waals surface area (Å²) in [6.07, 6.45) is 1.57. The number of alkyl halides is 3. The van der Waals surface area contributed by atoms with Crippen LogP contribution < -0.4 is 0 Å². The second kappa shape index (κ2) is 9.83. The molecule has 1 aliphatic carbocycles. The lowest BCUT2D eigenvalue weighted by Gasteiger charge is -2.11. The van der Waals surface area contributed by atoms with Crippen molar-refractivity contribution in [1.82, 2.24) is 0 Å². The van der Waals surface area contributed by atoms with Crippen LogP contribution in [0.5, 0.6) is 0 Å². The Hall–Kier alpha value is -3.06. The van der Waals surface area contributed by atoms with Crippen LogP contribution in [-0.4, -0.2) is 32.0 Å². The Morgan fingerprint density at radius 3 is 2.55 bits per heavy atom. The van der Waals surface area contributed by atoms with Gasteiger partial charge in [-0.2, -0.15) is 21.6 Å². The molecule has 0 saturated heterocycles. The number of aliphatic hydroxyl groups is 1. The molecule has 176 valence electrons. The minimum atomic E-state index is -5.82. The van der Waals surface area contributed by atoms with E-state index in [1.165, 1.54) is 24.3 Å². The van der Waals surface area contributed by atoms with Gasteiger partial charge in [-0.3, -0.25) is 10.1 Å². The molecule has 0 aliphatic heterocycles. The molecule has 0 spiro atoms. The molecule has 0 bridgehead atoms. The van der Waals surface area contributed by atoms with Gasteiger partial charge in [-0.1, -0.05) is 37.4 Å². The van der Waals surface area contributed by atoms with Crippen molar-refractivity contribution in [3.8, 4) is 23.3 Å². The van der Waals surface area contributed by atoms with Crippen LogP contribution >= 0.6 is 0 Å². The first-order valence-corrected chi connectivity index (χ1v) is 14.4. The first-order valence-electron chi connectivity index (χ1n) is 9.52. The molecule has 2 rings (SSSR count). The molecule has 12 heteroatoms. The maximum Gasteiger partial charge on any atom is 0.534 e. The van der Waals surface area contributed by atoms with Gasteiger partial charge in [0.15, 0.2) is 0 Å². The lowest BCUT2D eigenvalue weighted by Crippen LogP contribution is -2.25. The summed E-state index contributed by atoms with van der Waals surface area (Å²) in [5.74, 6) is 7.42. The van der Waals surface area contributed by atoms with E-state index in [-0.39, 0.29) is 35.2 Å². The summed E-state index contributed by atoms with van der Waals surface area (Å²) in [6, 6.07) is 3.68. The summed E-state index contributed by atoms with van der Waals surface area (Å²) in [7, 11) is -7.63. The molecule has 0 heterocycles. The van der Waals surface area contributed by atoms with Crippen LogP contribution in [0.25, 0.3) is 0 Å². The lowest BCUT2D eigenvalue weighted by molar-refractivity contribution is -0.384. The van der Waals surface area contributed by atoms with Gasteiger partial charge < -0.3 is 9.29 Å². The first kappa shape index (κ1) is 26.2. The van der Waals surface area contributed by atoms with Gasteiger partial charge in [0.25, 0.3) is 5.69 Å². The van der Waals surface area contributed by atoms with Crippen LogP contribution in [0.3, 0.4) is 0 Å². The van der Waals surface area contributed by atoms with E-state index in [1.807, 2.05) is 19.6 Å². The van der Waals surface area contributed by atoms with Crippen molar-refractivity contribution in [1.29, 1.82) is 0 Å². The fourth-order valence-corrected chi connectivity index (χ4v) is 3.65. The van der Waals surface area contributed by atoms with Crippen LogP contribution in [0.4, 0.5) is 18.9 Å². The molecule has 1 aromatic rings. The minimum absolute atomic E-state index is 0.103. The van der Waals surface area contributed by atoms with Gasteiger partial charge in [-0.25, -0.2) is 0 Å². The molecule has 0 saturated carbocycles. The Balaban J connectivity index is 2.40. The average Bonchev–Trinajstić information content (AvgIpc) is 3.10. The highest BCUT2D eigenvalue weighted by atomic mass is 32.2. The van der Waals surface area contributed by atoms with Crippen molar-refractivity contribution in [3.05, 3.63) is 62.9 Å². The molecule has 1 aromatic carbocycles. The molecule has 0 aromatic heterocycles. The fourth-order valence-electron chi connectivity index (χ4n) is 2.58. The summed E-state index contributed by atoms with van der Waals surface area (Å²) < 4.78 is 64.4. The number of aliphatic hydroxyl groups excluding tert-OH is 1. The van der Waals surface area contributed by atoms with Crippen molar-refractivity contribution >= 4 is 23.9 Å². The molecule has 0 radical (unpaired) electrons. The maximum atomic E-state index is 12.6. The zero-order chi connectivity index (χ0) is 25.0. The van der Waals surface area contributed by atoms with Gasteiger partial charge in [-0.15, -0.1) is 5.54 Å². The topological polar surface area (TPSA) is 107 Å². The number of hydrogen-bond donors (Lipinski definition) is 1. The molecule has 0 fully saturated rings. The number of benzene rings is 1. The van der Waals surface area contributed by atoms with E-state index < -0.39 is 40.5 Å². The Labute approximate surface area is 190 Å². The molecule has 1 aliphatic rings. The smallest absolute Gasteiger partial charge is 0.376 e. The quantitative estimate of drug-likeness (QED) is 0.165. The number of allylic oxidation sites excluding steroid dienone is 3. The molecule has 7 nitrogen and oxygen atoms in total. The lowest BCUT2D eigenvalue weighted by atomic mass is 10.0. The number of nitro groups is 1. The zero-order valence-corrected chi connectivity index (χ0v) is 19.7. The van der Waals surface area contributed by atoms with E-state index in [2.05, 4.69) is 27.5 Å². The third-order valence-electron chi connectivity index (χ3n) is 4.12. The normalized spacial score (nSPS) is 16.2. The van der Waals surface area contributed by atoms with Gasteiger partial charge in [0.1, 0.15) is 19.9 Å². The largest absolute Gasteiger partial charge is 0.534 e. The predicted octanol–water partition coefficient (Wildman–Crippen LogP) is 4.33. The summed E-state index contributed by atoms with van der Waals surface area (Å²) in [6.45, 7) is 5.93. The van der Waals surface area contributed by atoms with Gasteiger partial charge in [0.2, 0.25) is 0 Å². The van der Waals surface area contributed by atoms with E-state index >= 15 is 0 Å². The average molecular weight is 500 g/mol. The maximum absolute atomic E-state index is 12.6. The number of nitro benzene ring substituents is 1. The Kier molecular flexibility index (Phi) is 7.80. The van der Waals surface area contributed by atoms with Gasteiger partial charge in [-0.05, 0) is 31.1 Å². The minimum Gasteiger partial charge on any atom is -0.376 e. The monoisotopic (exact) mass is 499 g/mol. The van der Waals surface area contributed by atoms with Crippen molar-refractivity contribution in [3.63, 3.8) is 0 Å². The van der Waals surface area contributed by atoms with Crippen molar-refractivity contribution in [2.75, 3.05) is 0 Å². The highest BCUT2D eigenvalue weighted by molar-refractivity contribution is 7.87. The second-order valence-corrected chi connectivity index (χ2v) is 14.3. The van der Waals surface area contributed by atoms with Crippen LogP contribution in [-0.2, 0) is 14.3 Å². The fraction of sp³-hybridized carbons (Fsp3) is 0.333. The highest BCUT2D eigenvalue weighted by Gasteiger charge is 2.49. The van der Waals surface area contributed by atoms with Crippen molar-refractivity contribution in [2.45, 2.75) is 44.1 Å². The summed E-state index contributed by atoms with van der Waals surface area (Å²) >= 11 is 0. The van der Waals surface area contributed by atoms with Crippen LogP contribution in [0, 0.1) is 33.4 Å². The van der Waals surface area contributed by atoms with Crippen LogP contribution in [0.1, 0.15) is 30.1 Å². The number of hydrogen-bond acceptors (Lipinski definition) is 6. The number of nitrogens with zero attached hydrogens (tertiary/aromatic N) is 1. The van der Waals surface area contributed by atoms with E-state index in [4.69, 9.17) is 0 Å². The number of non-ortho nitro benzene ring substituents is 1. The first-order chi connectivity index (χ1) is 15.1. The zero-order valence-electron chi connectivity index (χ0n) is 17.9.